The highest BCUT2D eigenvalue weighted by molar-refractivity contribution is 7.90. The van der Waals surface area contributed by atoms with Crippen LogP contribution in [0.2, 0.25) is 0 Å². The van der Waals surface area contributed by atoms with Crippen LogP contribution in [0, 0.1) is 5.41 Å². The van der Waals surface area contributed by atoms with E-state index in [9.17, 15) is 23.4 Å². The Bertz CT molecular complexity index is 707. The highest BCUT2D eigenvalue weighted by Gasteiger charge is 2.45. The molecule has 0 bridgehead atoms. The molecule has 3 atom stereocenters. The van der Waals surface area contributed by atoms with Crippen LogP contribution < -0.4 is 10.1 Å². The summed E-state index contributed by atoms with van der Waals surface area (Å²) in [5, 5.41) is 22.6. The van der Waals surface area contributed by atoms with Gasteiger partial charge in [0.05, 0.1) is 23.7 Å². The number of aliphatic hydroxyl groups is 2. The molecule has 146 valence electrons. The summed E-state index contributed by atoms with van der Waals surface area (Å²) in [4.78, 5) is 11.8. The molecule has 1 saturated carbocycles. The van der Waals surface area contributed by atoms with Gasteiger partial charge in [-0.25, -0.2) is 8.42 Å². The van der Waals surface area contributed by atoms with Gasteiger partial charge in [0.2, 0.25) is 5.91 Å². The number of ether oxygens (including phenoxy) is 2. The normalized spacial score (nSPS) is 25.8. The first-order valence-corrected chi connectivity index (χ1v) is 10.1. The van der Waals surface area contributed by atoms with Crippen molar-refractivity contribution in [3.63, 3.8) is 0 Å². The molecule has 26 heavy (non-hydrogen) atoms. The Balaban J connectivity index is 2.04. The van der Waals surface area contributed by atoms with E-state index in [1.165, 1.54) is 19.2 Å². The van der Waals surface area contributed by atoms with Crippen LogP contribution in [-0.2, 0) is 19.4 Å². The molecule has 1 aromatic carbocycles. The zero-order valence-corrected chi connectivity index (χ0v) is 15.7. The molecular weight excluding hydrogens is 362 g/mol. The Morgan fingerprint density at radius 1 is 1.23 bits per heavy atom. The van der Waals surface area contributed by atoms with Gasteiger partial charge in [0.25, 0.3) is 0 Å². The zero-order chi connectivity index (χ0) is 19.4. The number of nitrogens with one attached hydrogen (secondary N) is 1. The zero-order valence-electron chi connectivity index (χ0n) is 14.8. The number of carbonyl (C=O) groups is 1. The number of rotatable bonds is 8. The van der Waals surface area contributed by atoms with Crippen LogP contribution in [0.5, 0.6) is 5.75 Å². The molecule has 0 aliphatic heterocycles. The van der Waals surface area contributed by atoms with Crippen molar-refractivity contribution in [2.24, 2.45) is 5.41 Å². The van der Waals surface area contributed by atoms with Crippen molar-refractivity contribution in [3.05, 3.63) is 24.3 Å². The SMILES string of the molecule is COCC(=O)NCC1(COc2ccc(S(C)(=O)=O)cc2)C[C@@H](O)[C@@H](O)C1. The van der Waals surface area contributed by atoms with E-state index in [1.807, 2.05) is 0 Å². The van der Waals surface area contributed by atoms with E-state index in [4.69, 9.17) is 9.47 Å². The minimum absolute atomic E-state index is 0.0744. The number of hydrogen-bond donors (Lipinski definition) is 3. The number of methoxy groups -OCH3 is 1. The molecule has 0 spiro atoms. The van der Waals surface area contributed by atoms with E-state index < -0.39 is 27.5 Å². The molecule has 1 aliphatic carbocycles. The Labute approximate surface area is 153 Å². The highest BCUT2D eigenvalue weighted by Crippen LogP contribution is 2.38. The topological polar surface area (TPSA) is 122 Å². The van der Waals surface area contributed by atoms with Crippen LogP contribution >= 0.6 is 0 Å². The summed E-state index contributed by atoms with van der Waals surface area (Å²) in [6.07, 6.45) is -0.0795. The minimum Gasteiger partial charge on any atom is -0.493 e. The third-order valence-corrected chi connectivity index (χ3v) is 5.59. The van der Waals surface area contributed by atoms with Crippen LogP contribution in [-0.4, -0.2) is 69.9 Å². The second-order valence-electron chi connectivity index (χ2n) is 6.78. The fraction of sp³-hybridized carbons (Fsp3) is 0.588. The summed E-state index contributed by atoms with van der Waals surface area (Å²) in [6.45, 7) is 0.312. The summed E-state index contributed by atoms with van der Waals surface area (Å²) in [5.41, 5.74) is -0.627. The molecule has 8 nitrogen and oxygen atoms in total. The maximum absolute atomic E-state index is 11.7. The maximum Gasteiger partial charge on any atom is 0.246 e. The molecule has 1 aliphatic rings. The van der Waals surface area contributed by atoms with Gasteiger partial charge >= 0.3 is 0 Å². The first kappa shape index (κ1) is 20.6. The highest BCUT2D eigenvalue weighted by atomic mass is 32.2. The number of amides is 1. The van der Waals surface area contributed by atoms with Crippen molar-refractivity contribution in [1.29, 1.82) is 0 Å². The number of hydrogen-bond acceptors (Lipinski definition) is 7. The van der Waals surface area contributed by atoms with Gasteiger partial charge in [-0.1, -0.05) is 0 Å². The van der Waals surface area contributed by atoms with Gasteiger partial charge in [0.1, 0.15) is 12.4 Å². The van der Waals surface area contributed by atoms with Crippen LogP contribution in [0.15, 0.2) is 29.2 Å². The Hall–Kier alpha value is -1.68. The average molecular weight is 387 g/mol. The standard InChI is InChI=1S/C17H25NO7S/c1-24-9-16(21)18-10-17(7-14(19)15(20)8-17)11-25-12-3-5-13(6-4-12)26(2,22)23/h3-6,14-15,19-20H,7-11H2,1-2H3,(H,18,21)/t14-,15+,17?. The van der Waals surface area contributed by atoms with E-state index in [0.29, 0.717) is 5.75 Å². The third kappa shape index (κ3) is 5.41. The molecule has 9 heteroatoms. The predicted octanol–water partition coefficient (Wildman–Crippen LogP) is -0.266. The lowest BCUT2D eigenvalue weighted by molar-refractivity contribution is -0.125. The quantitative estimate of drug-likeness (QED) is 0.561. The van der Waals surface area contributed by atoms with Crippen molar-refractivity contribution in [2.45, 2.75) is 29.9 Å². The van der Waals surface area contributed by atoms with Crippen molar-refractivity contribution in [2.75, 3.05) is 33.1 Å². The molecule has 1 aromatic rings. The molecule has 0 heterocycles. The molecular formula is C17H25NO7S. The van der Waals surface area contributed by atoms with Gasteiger partial charge in [-0.3, -0.25) is 4.79 Å². The van der Waals surface area contributed by atoms with E-state index in [-0.39, 0.29) is 43.4 Å². The van der Waals surface area contributed by atoms with Gasteiger partial charge in [0.15, 0.2) is 9.84 Å². The maximum atomic E-state index is 11.7. The Kier molecular flexibility index (Phi) is 6.62. The van der Waals surface area contributed by atoms with Crippen LogP contribution in [0.3, 0.4) is 0 Å². The van der Waals surface area contributed by atoms with E-state index in [0.717, 1.165) is 6.26 Å². The van der Waals surface area contributed by atoms with Crippen molar-refractivity contribution in [3.8, 4) is 5.75 Å². The second kappa shape index (κ2) is 8.34. The summed E-state index contributed by atoms with van der Waals surface area (Å²) in [6, 6.07) is 6.01. The van der Waals surface area contributed by atoms with Gasteiger partial charge in [-0.2, -0.15) is 0 Å². The number of carbonyl (C=O) groups excluding carboxylic acids is 1. The average Bonchev–Trinajstić information content (AvgIpc) is 2.86. The number of benzene rings is 1. The van der Waals surface area contributed by atoms with E-state index in [1.54, 1.807) is 12.1 Å². The Morgan fingerprint density at radius 2 is 1.81 bits per heavy atom. The fourth-order valence-electron chi connectivity index (χ4n) is 3.04. The molecule has 0 radical (unpaired) electrons. The largest absolute Gasteiger partial charge is 0.493 e. The first-order valence-electron chi connectivity index (χ1n) is 8.20. The van der Waals surface area contributed by atoms with Gasteiger partial charge < -0.3 is 25.0 Å². The minimum atomic E-state index is -3.28. The lowest BCUT2D eigenvalue weighted by Crippen LogP contribution is -2.41. The second-order valence-corrected chi connectivity index (χ2v) is 8.80. The van der Waals surface area contributed by atoms with Gasteiger partial charge in [-0.05, 0) is 37.1 Å². The predicted molar refractivity (Wildman–Crippen MR) is 93.6 cm³/mol. The summed E-state index contributed by atoms with van der Waals surface area (Å²) >= 11 is 0. The third-order valence-electron chi connectivity index (χ3n) is 4.46. The summed E-state index contributed by atoms with van der Waals surface area (Å²) in [7, 11) is -1.86. The summed E-state index contributed by atoms with van der Waals surface area (Å²) < 4.78 is 33.5. The van der Waals surface area contributed by atoms with Crippen molar-refractivity contribution >= 4 is 15.7 Å². The number of aliphatic hydroxyl groups excluding tert-OH is 2. The molecule has 2 rings (SSSR count). The molecule has 1 fully saturated rings. The van der Waals surface area contributed by atoms with Gasteiger partial charge in [-0.15, -0.1) is 0 Å². The van der Waals surface area contributed by atoms with E-state index in [2.05, 4.69) is 5.32 Å². The monoisotopic (exact) mass is 387 g/mol. The van der Waals surface area contributed by atoms with Gasteiger partial charge in [0, 0.05) is 25.3 Å². The molecule has 0 saturated heterocycles. The molecule has 3 N–H and O–H groups in total. The first-order chi connectivity index (χ1) is 12.1. The lowest BCUT2D eigenvalue weighted by atomic mass is 9.86. The molecule has 1 unspecified atom stereocenters. The van der Waals surface area contributed by atoms with Crippen molar-refractivity contribution < 1.29 is 32.9 Å². The van der Waals surface area contributed by atoms with Crippen molar-refractivity contribution in [1.82, 2.24) is 5.32 Å². The molecule has 0 aromatic heterocycles. The fourth-order valence-corrected chi connectivity index (χ4v) is 3.67. The van der Waals surface area contributed by atoms with E-state index >= 15 is 0 Å². The lowest BCUT2D eigenvalue weighted by Gasteiger charge is -2.29. The van der Waals surface area contributed by atoms with Crippen LogP contribution in [0.25, 0.3) is 0 Å². The molecule has 1 amide bonds. The van der Waals surface area contributed by atoms with Crippen LogP contribution in [0.1, 0.15) is 12.8 Å². The Morgan fingerprint density at radius 3 is 2.31 bits per heavy atom. The summed E-state index contributed by atoms with van der Waals surface area (Å²) in [5.74, 6) is 0.177. The van der Waals surface area contributed by atoms with Crippen LogP contribution in [0.4, 0.5) is 0 Å². The smallest absolute Gasteiger partial charge is 0.246 e. The number of sulfone groups is 1.